The van der Waals surface area contributed by atoms with Crippen molar-refractivity contribution in [3.05, 3.63) is 76.3 Å². The van der Waals surface area contributed by atoms with E-state index in [2.05, 4.69) is 10.6 Å². The van der Waals surface area contributed by atoms with Gasteiger partial charge in [-0.05, 0) is 36.8 Å². The number of urea groups is 1. The Balaban J connectivity index is 2.08. The van der Waals surface area contributed by atoms with E-state index >= 15 is 0 Å². The van der Waals surface area contributed by atoms with E-state index in [1.165, 1.54) is 24.3 Å². The lowest BCUT2D eigenvalue weighted by molar-refractivity contribution is -0.147. The van der Waals surface area contributed by atoms with Gasteiger partial charge in [0.25, 0.3) is 0 Å². The van der Waals surface area contributed by atoms with Crippen LogP contribution in [0.2, 0.25) is 5.02 Å². The van der Waals surface area contributed by atoms with Gasteiger partial charge >= 0.3 is 12.0 Å². The Labute approximate surface area is 173 Å². The van der Waals surface area contributed by atoms with Gasteiger partial charge in [0.15, 0.2) is 0 Å². The van der Waals surface area contributed by atoms with Gasteiger partial charge in [-0.3, -0.25) is 4.79 Å². The van der Waals surface area contributed by atoms with Gasteiger partial charge in [0, 0.05) is 10.7 Å². The summed E-state index contributed by atoms with van der Waals surface area (Å²) in [6.07, 6.45) is 0. The molecule has 0 unspecified atom stereocenters. The number of halogens is 1. The largest absolute Gasteiger partial charge is 0.465 e. The van der Waals surface area contributed by atoms with E-state index in [0.717, 1.165) is 5.41 Å². The molecule has 1 aliphatic rings. The van der Waals surface area contributed by atoms with Gasteiger partial charge < -0.3 is 15.4 Å². The SMILES string of the molecule is CCOC(=O)[C@H]1/C(=C\S(=O)(=O)c2ccc(Cl)cc2)NC(=O)N[C@H]1c1ccccc1. The maximum Gasteiger partial charge on any atom is 0.319 e. The van der Waals surface area contributed by atoms with E-state index in [1.807, 2.05) is 0 Å². The van der Waals surface area contributed by atoms with E-state index in [4.69, 9.17) is 16.3 Å². The van der Waals surface area contributed by atoms with Crippen LogP contribution in [0.4, 0.5) is 4.79 Å². The molecule has 0 aromatic heterocycles. The van der Waals surface area contributed by atoms with E-state index in [9.17, 15) is 18.0 Å². The summed E-state index contributed by atoms with van der Waals surface area (Å²) in [5, 5.41) is 6.41. The fraction of sp³-hybridized carbons (Fsp3) is 0.200. The summed E-state index contributed by atoms with van der Waals surface area (Å²) >= 11 is 5.82. The summed E-state index contributed by atoms with van der Waals surface area (Å²) in [6, 6.07) is 13.0. The van der Waals surface area contributed by atoms with Crippen LogP contribution in [0.25, 0.3) is 0 Å². The number of nitrogens with one attached hydrogen (secondary N) is 2. The lowest BCUT2D eigenvalue weighted by atomic mass is 9.89. The topological polar surface area (TPSA) is 102 Å². The van der Waals surface area contributed by atoms with Crippen molar-refractivity contribution < 1.29 is 22.7 Å². The van der Waals surface area contributed by atoms with Crippen LogP contribution in [-0.4, -0.2) is 27.0 Å². The van der Waals surface area contributed by atoms with Crippen molar-refractivity contribution in [1.82, 2.24) is 10.6 Å². The highest BCUT2D eigenvalue weighted by Crippen LogP contribution is 2.32. The molecule has 2 amide bonds. The molecule has 9 heteroatoms. The number of esters is 1. The van der Waals surface area contributed by atoms with Crippen molar-refractivity contribution >= 4 is 33.4 Å². The average molecular weight is 435 g/mol. The molecule has 0 saturated carbocycles. The number of benzene rings is 2. The van der Waals surface area contributed by atoms with E-state index < -0.39 is 33.8 Å². The molecule has 2 atom stereocenters. The van der Waals surface area contributed by atoms with Crippen LogP contribution in [0.1, 0.15) is 18.5 Å². The van der Waals surface area contributed by atoms with Crippen molar-refractivity contribution in [2.75, 3.05) is 6.61 Å². The Kier molecular flexibility index (Phi) is 6.24. The number of rotatable bonds is 5. The zero-order valence-corrected chi connectivity index (χ0v) is 17.0. The molecule has 0 aliphatic carbocycles. The smallest absolute Gasteiger partial charge is 0.319 e. The highest BCUT2D eigenvalue weighted by Gasteiger charge is 2.40. The third-order valence-electron chi connectivity index (χ3n) is 4.34. The molecule has 29 heavy (non-hydrogen) atoms. The van der Waals surface area contributed by atoms with Crippen LogP contribution in [0.15, 0.2) is 70.6 Å². The molecule has 1 fully saturated rings. The molecule has 0 spiro atoms. The van der Waals surface area contributed by atoms with Gasteiger partial charge in [-0.1, -0.05) is 41.9 Å². The first kappa shape index (κ1) is 20.9. The van der Waals surface area contributed by atoms with Crippen molar-refractivity contribution in [2.24, 2.45) is 5.92 Å². The number of carbonyl (C=O) groups is 2. The van der Waals surface area contributed by atoms with Gasteiger partial charge in [-0.25, -0.2) is 13.2 Å². The Hall–Kier alpha value is -2.84. The number of amides is 2. The van der Waals surface area contributed by atoms with Gasteiger partial charge in [0.2, 0.25) is 9.84 Å². The molecule has 3 rings (SSSR count). The molecule has 2 N–H and O–H groups in total. The predicted octanol–water partition coefficient (Wildman–Crippen LogP) is 3.19. The summed E-state index contributed by atoms with van der Waals surface area (Å²) in [5.74, 6) is -1.71. The molecule has 152 valence electrons. The Bertz CT molecular complexity index is 1040. The summed E-state index contributed by atoms with van der Waals surface area (Å²) in [6.45, 7) is 1.76. The number of sulfone groups is 1. The first-order valence-corrected chi connectivity index (χ1v) is 10.8. The second-order valence-electron chi connectivity index (χ2n) is 6.29. The molecule has 7 nitrogen and oxygen atoms in total. The summed E-state index contributed by atoms with van der Waals surface area (Å²) in [4.78, 5) is 24.9. The summed E-state index contributed by atoms with van der Waals surface area (Å²) in [7, 11) is -3.96. The van der Waals surface area contributed by atoms with Crippen molar-refractivity contribution in [1.29, 1.82) is 0 Å². The third-order valence-corrected chi connectivity index (χ3v) is 6.08. The van der Waals surface area contributed by atoms with Crippen LogP contribution in [0.5, 0.6) is 0 Å². The second-order valence-corrected chi connectivity index (χ2v) is 8.52. The molecule has 1 saturated heterocycles. The van der Waals surface area contributed by atoms with E-state index in [1.54, 1.807) is 37.3 Å². The third kappa shape index (κ3) is 4.78. The first-order chi connectivity index (χ1) is 13.8. The minimum absolute atomic E-state index is 0.0129. The highest BCUT2D eigenvalue weighted by atomic mass is 35.5. The van der Waals surface area contributed by atoms with Gasteiger partial charge in [0.05, 0.1) is 23.0 Å². The van der Waals surface area contributed by atoms with Crippen LogP contribution in [-0.2, 0) is 19.4 Å². The monoisotopic (exact) mass is 434 g/mol. The first-order valence-electron chi connectivity index (χ1n) is 8.83. The minimum Gasteiger partial charge on any atom is -0.465 e. The lowest BCUT2D eigenvalue weighted by Gasteiger charge is -2.33. The van der Waals surface area contributed by atoms with Crippen LogP contribution in [0, 0.1) is 5.92 Å². The Morgan fingerprint density at radius 3 is 2.41 bits per heavy atom. The molecular formula is C20H19ClN2O5S. The Morgan fingerprint density at radius 1 is 1.14 bits per heavy atom. The zero-order chi connectivity index (χ0) is 21.0. The zero-order valence-electron chi connectivity index (χ0n) is 15.5. The molecule has 2 aromatic rings. The predicted molar refractivity (Wildman–Crippen MR) is 108 cm³/mol. The second kappa shape index (κ2) is 8.67. The van der Waals surface area contributed by atoms with Crippen molar-refractivity contribution in [2.45, 2.75) is 17.9 Å². The number of hydrogen-bond acceptors (Lipinski definition) is 5. The van der Waals surface area contributed by atoms with Crippen molar-refractivity contribution in [3.63, 3.8) is 0 Å². The molecule has 0 bridgehead atoms. The summed E-state index contributed by atoms with van der Waals surface area (Å²) < 4.78 is 30.8. The maximum atomic E-state index is 12.8. The molecule has 1 heterocycles. The van der Waals surface area contributed by atoms with Gasteiger partial charge in [-0.2, -0.15) is 0 Å². The molecule has 0 radical (unpaired) electrons. The molecule has 1 aliphatic heterocycles. The Morgan fingerprint density at radius 2 is 1.79 bits per heavy atom. The number of ether oxygens (including phenoxy) is 1. The molecular weight excluding hydrogens is 416 g/mol. The van der Waals surface area contributed by atoms with Crippen molar-refractivity contribution in [3.8, 4) is 0 Å². The van der Waals surface area contributed by atoms with E-state index in [0.29, 0.717) is 10.6 Å². The lowest BCUT2D eigenvalue weighted by Crippen LogP contribution is -2.51. The average Bonchev–Trinajstić information content (AvgIpc) is 2.68. The standard InChI is InChI=1S/C20H19ClN2O5S/c1-2-28-19(24)17-16(12-29(26,27)15-10-8-14(21)9-11-15)22-20(25)23-18(17)13-6-4-3-5-7-13/h3-12,17-18H,2H2,1H3,(H2,22,23,25)/b16-12+/t17-,18-/m0/s1. The van der Waals surface area contributed by atoms with Crippen LogP contribution < -0.4 is 10.6 Å². The van der Waals surface area contributed by atoms with Gasteiger partial charge in [0.1, 0.15) is 5.92 Å². The number of carbonyl (C=O) groups excluding carboxylic acids is 2. The quantitative estimate of drug-likeness (QED) is 0.703. The normalized spacial score (nSPS) is 20.6. The molecule has 2 aromatic carbocycles. The minimum atomic E-state index is -3.96. The fourth-order valence-corrected chi connectivity index (χ4v) is 4.36. The fourth-order valence-electron chi connectivity index (χ4n) is 3.04. The van der Waals surface area contributed by atoms with Gasteiger partial charge in [-0.15, -0.1) is 0 Å². The number of hydrogen-bond donors (Lipinski definition) is 2. The highest BCUT2D eigenvalue weighted by molar-refractivity contribution is 7.94. The van der Waals surface area contributed by atoms with E-state index in [-0.39, 0.29) is 17.2 Å². The maximum absolute atomic E-state index is 12.8. The van der Waals surface area contributed by atoms with Crippen LogP contribution in [0.3, 0.4) is 0 Å². The van der Waals surface area contributed by atoms with Crippen LogP contribution >= 0.6 is 11.6 Å². The summed E-state index contributed by atoms with van der Waals surface area (Å²) in [5.41, 5.74) is 0.589.